The van der Waals surface area contributed by atoms with Gasteiger partial charge in [0.05, 0.1) is 17.7 Å². The molecule has 0 unspecified atom stereocenters. The molecule has 0 spiro atoms. The molecule has 0 atom stereocenters. The van der Waals surface area contributed by atoms with E-state index in [2.05, 4.69) is 22.4 Å². The molecule has 21 heavy (non-hydrogen) atoms. The van der Waals surface area contributed by atoms with Crippen LogP contribution in [0.3, 0.4) is 0 Å². The van der Waals surface area contributed by atoms with Gasteiger partial charge in [-0.3, -0.25) is 0 Å². The number of nitrogens with zero attached hydrogens (tertiary/aromatic N) is 3. The Morgan fingerprint density at radius 3 is 2.29 bits per heavy atom. The van der Waals surface area contributed by atoms with Gasteiger partial charge in [0, 0.05) is 6.20 Å². The van der Waals surface area contributed by atoms with Crippen molar-refractivity contribution in [3.05, 3.63) is 42.1 Å². The van der Waals surface area contributed by atoms with Gasteiger partial charge in [-0.25, -0.2) is 4.68 Å². The average molecular weight is 285 g/mol. The molecule has 0 bridgehead atoms. The van der Waals surface area contributed by atoms with E-state index >= 15 is 0 Å². The highest BCUT2D eigenvalue weighted by molar-refractivity contribution is 6.61. The summed E-state index contributed by atoms with van der Waals surface area (Å²) in [5, 5.41) is 8.35. The molecule has 2 aromatic rings. The van der Waals surface area contributed by atoms with E-state index in [1.165, 1.54) is 5.56 Å². The van der Waals surface area contributed by atoms with Crippen molar-refractivity contribution in [3.63, 3.8) is 0 Å². The van der Waals surface area contributed by atoms with E-state index in [0.29, 0.717) is 12.1 Å². The van der Waals surface area contributed by atoms with Crippen LogP contribution in [0.2, 0.25) is 0 Å². The molecule has 6 heteroatoms. The molecule has 2 heterocycles. The van der Waals surface area contributed by atoms with E-state index in [4.69, 9.17) is 9.31 Å². The fourth-order valence-electron chi connectivity index (χ4n) is 2.23. The second kappa shape index (κ2) is 4.96. The Hall–Kier alpha value is -1.66. The summed E-state index contributed by atoms with van der Waals surface area (Å²) >= 11 is 0. The van der Waals surface area contributed by atoms with Crippen LogP contribution >= 0.6 is 0 Å². The van der Waals surface area contributed by atoms with E-state index in [0.717, 1.165) is 0 Å². The fourth-order valence-corrected chi connectivity index (χ4v) is 2.23. The topological polar surface area (TPSA) is 49.2 Å². The Balaban J connectivity index is 1.74. The van der Waals surface area contributed by atoms with Crippen LogP contribution in [0.25, 0.3) is 0 Å². The van der Waals surface area contributed by atoms with Crippen molar-refractivity contribution < 1.29 is 9.31 Å². The number of benzene rings is 1. The lowest BCUT2D eigenvalue weighted by Gasteiger charge is -2.32. The molecule has 1 aromatic heterocycles. The van der Waals surface area contributed by atoms with Crippen LogP contribution in [0, 0.1) is 0 Å². The van der Waals surface area contributed by atoms with Gasteiger partial charge in [0.15, 0.2) is 0 Å². The van der Waals surface area contributed by atoms with Crippen LogP contribution < -0.4 is 5.59 Å². The van der Waals surface area contributed by atoms with Crippen LogP contribution in [-0.2, 0) is 15.9 Å². The van der Waals surface area contributed by atoms with Crippen LogP contribution in [-0.4, -0.2) is 33.3 Å². The molecule has 110 valence electrons. The lowest BCUT2D eigenvalue weighted by molar-refractivity contribution is 0.00578. The standard InChI is InChI=1S/C15H20BN3O2/c1-14(2)15(3,4)21-16(20-14)13-11-19(18-17-13)10-12-8-6-5-7-9-12/h5-9,11H,10H2,1-4H3. The van der Waals surface area contributed by atoms with Crippen molar-refractivity contribution in [1.29, 1.82) is 0 Å². The minimum atomic E-state index is -0.459. The minimum absolute atomic E-state index is 0.360. The molecule has 0 amide bonds. The molecule has 3 rings (SSSR count). The number of hydrogen-bond acceptors (Lipinski definition) is 4. The molecule has 0 aliphatic carbocycles. The average Bonchev–Trinajstić information content (AvgIpc) is 2.94. The molecule has 1 aliphatic heterocycles. The molecular formula is C15H20BN3O2. The summed E-state index contributed by atoms with van der Waals surface area (Å²) in [6.45, 7) is 8.80. The molecule has 1 saturated heterocycles. The van der Waals surface area contributed by atoms with Crippen molar-refractivity contribution in [1.82, 2.24) is 15.0 Å². The first-order valence-electron chi connectivity index (χ1n) is 7.17. The van der Waals surface area contributed by atoms with Gasteiger partial charge in [-0.15, -0.1) is 5.10 Å². The van der Waals surface area contributed by atoms with Crippen LogP contribution in [0.1, 0.15) is 33.3 Å². The third-order valence-corrected chi connectivity index (χ3v) is 4.24. The first kappa shape index (κ1) is 14.3. The molecule has 0 saturated carbocycles. The zero-order valence-electron chi connectivity index (χ0n) is 12.9. The number of rotatable bonds is 3. The lowest BCUT2D eigenvalue weighted by atomic mass is 9.86. The summed E-state index contributed by atoms with van der Waals surface area (Å²) in [5.41, 5.74) is 1.18. The SMILES string of the molecule is CC1(C)OB(c2cn(Cc3ccccc3)nn2)OC1(C)C. The van der Waals surface area contributed by atoms with E-state index < -0.39 is 7.12 Å². The van der Waals surface area contributed by atoms with Gasteiger partial charge in [-0.1, -0.05) is 35.5 Å². The summed E-state index contributed by atoms with van der Waals surface area (Å²) in [7, 11) is -0.459. The molecule has 5 nitrogen and oxygen atoms in total. The quantitative estimate of drug-likeness (QED) is 0.804. The van der Waals surface area contributed by atoms with Gasteiger partial charge in [-0.2, -0.15) is 0 Å². The second-order valence-electron chi connectivity index (χ2n) is 6.41. The third kappa shape index (κ3) is 2.73. The van der Waals surface area contributed by atoms with Gasteiger partial charge in [0.1, 0.15) is 5.59 Å². The fraction of sp³-hybridized carbons (Fsp3) is 0.467. The monoisotopic (exact) mass is 285 g/mol. The highest BCUT2D eigenvalue weighted by Crippen LogP contribution is 2.36. The second-order valence-corrected chi connectivity index (χ2v) is 6.41. The first-order valence-corrected chi connectivity index (χ1v) is 7.17. The normalized spacial score (nSPS) is 19.9. The van der Waals surface area contributed by atoms with Crippen molar-refractivity contribution >= 4 is 12.7 Å². The van der Waals surface area contributed by atoms with E-state index in [-0.39, 0.29) is 11.2 Å². The maximum Gasteiger partial charge on any atom is 0.518 e. The Kier molecular flexibility index (Phi) is 3.38. The van der Waals surface area contributed by atoms with Gasteiger partial charge in [0.2, 0.25) is 0 Å². The predicted molar refractivity (Wildman–Crippen MR) is 81.3 cm³/mol. The number of hydrogen-bond donors (Lipinski definition) is 0. The zero-order chi connectivity index (χ0) is 15.1. The maximum absolute atomic E-state index is 5.98. The zero-order valence-corrected chi connectivity index (χ0v) is 12.9. The summed E-state index contributed by atoms with van der Waals surface area (Å²) in [6.07, 6.45) is 1.88. The van der Waals surface area contributed by atoms with Crippen LogP contribution in [0.4, 0.5) is 0 Å². The minimum Gasteiger partial charge on any atom is -0.398 e. The van der Waals surface area contributed by atoms with Crippen molar-refractivity contribution in [2.45, 2.75) is 45.4 Å². The van der Waals surface area contributed by atoms with Gasteiger partial charge >= 0.3 is 7.12 Å². The molecular weight excluding hydrogens is 265 g/mol. The summed E-state index contributed by atoms with van der Waals surface area (Å²) in [5.74, 6) is 0. The summed E-state index contributed by atoms with van der Waals surface area (Å²) in [6, 6.07) is 10.2. The van der Waals surface area contributed by atoms with Gasteiger partial charge in [0.25, 0.3) is 0 Å². The van der Waals surface area contributed by atoms with Crippen molar-refractivity contribution in [2.24, 2.45) is 0 Å². The molecule has 0 radical (unpaired) electrons. The van der Waals surface area contributed by atoms with E-state index in [1.54, 1.807) is 4.68 Å². The lowest BCUT2D eigenvalue weighted by Crippen LogP contribution is -2.41. The number of aromatic nitrogens is 3. The Bertz CT molecular complexity index is 609. The maximum atomic E-state index is 5.98. The summed E-state index contributed by atoms with van der Waals surface area (Å²) in [4.78, 5) is 0. The molecule has 1 aliphatic rings. The van der Waals surface area contributed by atoms with E-state index in [1.807, 2.05) is 52.1 Å². The molecule has 1 aromatic carbocycles. The van der Waals surface area contributed by atoms with Gasteiger partial charge < -0.3 is 9.31 Å². The first-order chi connectivity index (χ1) is 9.87. The highest BCUT2D eigenvalue weighted by Gasteiger charge is 2.52. The highest BCUT2D eigenvalue weighted by atomic mass is 16.7. The predicted octanol–water partition coefficient (Wildman–Crippen LogP) is 1.63. The van der Waals surface area contributed by atoms with E-state index in [9.17, 15) is 0 Å². The Labute approximate surface area is 125 Å². The van der Waals surface area contributed by atoms with Crippen molar-refractivity contribution in [2.75, 3.05) is 0 Å². The summed E-state index contributed by atoms with van der Waals surface area (Å²) < 4.78 is 13.8. The third-order valence-electron chi connectivity index (χ3n) is 4.24. The van der Waals surface area contributed by atoms with Gasteiger partial charge in [-0.05, 0) is 33.3 Å². The van der Waals surface area contributed by atoms with Crippen LogP contribution in [0.15, 0.2) is 36.5 Å². The molecule has 1 fully saturated rings. The Morgan fingerprint density at radius 1 is 1.05 bits per heavy atom. The Morgan fingerprint density at radius 2 is 1.67 bits per heavy atom. The molecule has 0 N–H and O–H groups in total. The largest absolute Gasteiger partial charge is 0.518 e. The van der Waals surface area contributed by atoms with Crippen LogP contribution in [0.5, 0.6) is 0 Å². The van der Waals surface area contributed by atoms with Crippen molar-refractivity contribution in [3.8, 4) is 0 Å². The smallest absolute Gasteiger partial charge is 0.398 e.